The van der Waals surface area contributed by atoms with Crippen LogP contribution in [0.1, 0.15) is 13.8 Å². The summed E-state index contributed by atoms with van der Waals surface area (Å²) in [6.45, 7) is 11.0. The molecule has 2 aromatic rings. The number of carbonyl (C=O) groups is 2. The second-order valence-electron chi connectivity index (χ2n) is 9.48. The van der Waals surface area contributed by atoms with Gasteiger partial charge in [-0.1, -0.05) is 31.4 Å². The number of anilines is 1. The molecule has 2 aliphatic rings. The Bertz CT molecular complexity index is 1840. The monoisotopic (exact) mass is 590 g/mol. The number of hydrogen-bond donors (Lipinski definition) is 2. The normalized spacial score (nSPS) is 11.8. The van der Waals surface area contributed by atoms with Crippen molar-refractivity contribution in [2.75, 3.05) is 31.6 Å². The molecule has 0 bridgehead atoms. The van der Waals surface area contributed by atoms with Crippen molar-refractivity contribution in [3.63, 3.8) is 0 Å². The van der Waals surface area contributed by atoms with Crippen molar-refractivity contribution in [1.29, 1.82) is 0 Å². The first-order valence-corrected chi connectivity index (χ1v) is 14.4. The van der Waals surface area contributed by atoms with Gasteiger partial charge in [0.05, 0.1) is 11.9 Å². The van der Waals surface area contributed by atoms with Gasteiger partial charge in [-0.15, -0.1) is 0 Å². The van der Waals surface area contributed by atoms with Gasteiger partial charge in [0.1, 0.15) is 29.5 Å². The van der Waals surface area contributed by atoms with Gasteiger partial charge in [-0.05, 0) is 44.2 Å². The van der Waals surface area contributed by atoms with Crippen LogP contribution in [-0.2, 0) is 29.2 Å². The number of carbonyl (C=O) groups excluding carboxylic acids is 2. The summed E-state index contributed by atoms with van der Waals surface area (Å²) in [5.74, 6) is -0.560. The quantitative estimate of drug-likeness (QED) is 0.0810. The van der Waals surface area contributed by atoms with E-state index in [9.17, 15) is 22.6 Å². The lowest BCUT2D eigenvalue weighted by Gasteiger charge is -2.18. The van der Waals surface area contributed by atoms with E-state index in [0.29, 0.717) is 62.2 Å². The molecule has 2 N–H and O–H groups in total. The van der Waals surface area contributed by atoms with E-state index in [2.05, 4.69) is 23.5 Å². The van der Waals surface area contributed by atoms with Crippen LogP contribution in [0.25, 0.3) is 33.4 Å². The number of ether oxygens (including phenoxy) is 2. The average molecular weight is 591 g/mol. The average Bonchev–Trinajstić information content (AvgIpc) is 2.95. The van der Waals surface area contributed by atoms with Crippen molar-refractivity contribution in [2.24, 2.45) is 4.99 Å². The van der Waals surface area contributed by atoms with E-state index in [4.69, 9.17) is 13.9 Å². The second kappa shape index (κ2) is 12.8. The molecule has 0 unspecified atom stereocenters. The Kier molecular flexibility index (Phi) is 9.24. The molecule has 42 heavy (non-hydrogen) atoms. The van der Waals surface area contributed by atoms with Gasteiger partial charge >= 0.3 is 11.9 Å². The Morgan fingerprint density at radius 3 is 2.31 bits per heavy atom. The third-order valence-corrected chi connectivity index (χ3v) is 7.03. The summed E-state index contributed by atoms with van der Waals surface area (Å²) in [6, 6.07) is 16.7. The Balaban J connectivity index is 1.78. The number of fused-ring (bicyclic) bond motifs is 2. The predicted molar refractivity (Wildman–Crippen MR) is 159 cm³/mol. The molecule has 1 aliphatic carbocycles. The maximum Gasteiger partial charge on any atom is 0.333 e. The Hall–Kier alpha value is -4.74. The number of nitrogens with zero attached hydrogens (tertiary/aromatic N) is 1. The molecule has 4 rings (SSSR count). The van der Waals surface area contributed by atoms with Crippen molar-refractivity contribution in [3.8, 4) is 22.5 Å². The molecule has 218 valence electrons. The topological polar surface area (TPSA) is 144 Å². The Morgan fingerprint density at radius 2 is 1.62 bits per heavy atom. The smallest absolute Gasteiger partial charge is 0.333 e. The summed E-state index contributed by atoms with van der Waals surface area (Å²) >= 11 is 0. The minimum atomic E-state index is -4.55. The van der Waals surface area contributed by atoms with Gasteiger partial charge in [0, 0.05) is 57.6 Å². The highest BCUT2D eigenvalue weighted by atomic mass is 32.2. The van der Waals surface area contributed by atoms with Gasteiger partial charge in [0.25, 0.3) is 10.1 Å². The minimum absolute atomic E-state index is 0.0717. The first-order valence-electron chi connectivity index (χ1n) is 12.9. The van der Waals surface area contributed by atoms with Crippen LogP contribution in [0.15, 0.2) is 99.3 Å². The van der Waals surface area contributed by atoms with E-state index in [1.54, 1.807) is 62.4 Å². The molecular weight excluding hydrogens is 560 g/mol. The summed E-state index contributed by atoms with van der Waals surface area (Å²) in [6.07, 6.45) is 0. The van der Waals surface area contributed by atoms with Gasteiger partial charge < -0.3 is 19.2 Å². The van der Waals surface area contributed by atoms with E-state index >= 15 is 0 Å². The molecule has 0 aromatic heterocycles. The fourth-order valence-electron chi connectivity index (χ4n) is 4.17. The lowest BCUT2D eigenvalue weighted by atomic mass is 9.93. The van der Waals surface area contributed by atoms with Crippen LogP contribution in [0.3, 0.4) is 0 Å². The Labute approximate surface area is 243 Å². The summed E-state index contributed by atoms with van der Waals surface area (Å²) in [4.78, 5) is 27.5. The summed E-state index contributed by atoms with van der Waals surface area (Å²) in [5, 5.41) is 4.33. The SMILES string of the molecule is C=C(C)C(=O)OCC/N=c1\ccc2c(-c3ccccc3S(=O)(=O)O)c3ccc(NCCOC(=O)C(=C)C)cc3oc-2c1. The van der Waals surface area contributed by atoms with Gasteiger partial charge in [0.15, 0.2) is 0 Å². The molecule has 0 radical (unpaired) electrons. The molecule has 0 spiro atoms. The molecular formula is C31H30N2O8S. The van der Waals surface area contributed by atoms with E-state index in [1.807, 2.05) is 0 Å². The highest BCUT2D eigenvalue weighted by molar-refractivity contribution is 7.86. The van der Waals surface area contributed by atoms with Gasteiger partial charge in [-0.25, -0.2) is 9.59 Å². The fraction of sp³-hybridized carbons (Fsp3) is 0.194. The van der Waals surface area contributed by atoms with Crippen LogP contribution < -0.4 is 10.7 Å². The van der Waals surface area contributed by atoms with E-state index in [1.165, 1.54) is 12.1 Å². The van der Waals surface area contributed by atoms with Crippen molar-refractivity contribution < 1.29 is 36.5 Å². The molecule has 0 atom stereocenters. The molecule has 0 saturated carbocycles. The van der Waals surface area contributed by atoms with E-state index < -0.39 is 22.1 Å². The fourth-order valence-corrected chi connectivity index (χ4v) is 4.87. The molecule has 1 aliphatic heterocycles. The maximum atomic E-state index is 12.3. The first kappa shape index (κ1) is 30.2. The van der Waals surface area contributed by atoms with Gasteiger partial charge in [0.2, 0.25) is 0 Å². The molecule has 2 aromatic carbocycles. The zero-order valence-corrected chi connectivity index (χ0v) is 24.0. The summed E-state index contributed by atoms with van der Waals surface area (Å²) in [5.41, 5.74) is 3.15. The van der Waals surface area contributed by atoms with Crippen molar-refractivity contribution in [3.05, 3.63) is 90.3 Å². The zero-order chi connectivity index (χ0) is 30.4. The number of rotatable bonds is 11. The van der Waals surface area contributed by atoms with Crippen molar-refractivity contribution in [2.45, 2.75) is 18.7 Å². The van der Waals surface area contributed by atoms with Gasteiger partial charge in [-0.2, -0.15) is 8.42 Å². The zero-order valence-electron chi connectivity index (χ0n) is 23.2. The van der Waals surface area contributed by atoms with Crippen LogP contribution >= 0.6 is 0 Å². The maximum absolute atomic E-state index is 12.3. The lowest BCUT2D eigenvalue weighted by Crippen LogP contribution is -2.14. The van der Waals surface area contributed by atoms with Crippen molar-refractivity contribution in [1.82, 2.24) is 0 Å². The van der Waals surface area contributed by atoms with Crippen LogP contribution in [-0.4, -0.2) is 51.2 Å². The number of hydrogen-bond acceptors (Lipinski definition) is 9. The number of benzene rings is 3. The van der Waals surface area contributed by atoms with E-state index in [0.717, 1.165) is 0 Å². The first-order chi connectivity index (χ1) is 20.0. The predicted octanol–water partition coefficient (Wildman–Crippen LogP) is 5.00. The Morgan fingerprint density at radius 1 is 0.929 bits per heavy atom. The van der Waals surface area contributed by atoms with Crippen LogP contribution in [0.5, 0.6) is 0 Å². The van der Waals surface area contributed by atoms with Crippen LogP contribution in [0.4, 0.5) is 5.69 Å². The largest absolute Gasteiger partial charge is 0.460 e. The van der Waals surface area contributed by atoms with Crippen LogP contribution in [0, 0.1) is 0 Å². The third-order valence-electron chi connectivity index (χ3n) is 6.12. The van der Waals surface area contributed by atoms with E-state index in [-0.39, 0.29) is 24.7 Å². The molecule has 1 heterocycles. The molecule has 0 amide bonds. The minimum Gasteiger partial charge on any atom is -0.460 e. The van der Waals surface area contributed by atoms with Crippen molar-refractivity contribution >= 4 is 38.7 Å². The van der Waals surface area contributed by atoms with Gasteiger partial charge in [-0.3, -0.25) is 9.55 Å². The molecule has 10 nitrogen and oxygen atoms in total. The molecule has 0 fully saturated rings. The summed E-state index contributed by atoms with van der Waals surface area (Å²) in [7, 11) is -4.55. The standard InChI is InChI=1S/C31H30N2O8S/c1-19(2)30(34)39-15-13-32-21-9-11-23-26(17-21)41-27-18-22(33-14-16-40-31(35)20(3)4)10-12-24(27)29(23)25-7-5-6-8-28(25)42(36,37)38/h5-12,17-18,32H,1,3,13-16H2,2,4H3,(H,36,37,38)/b33-22+. The summed E-state index contributed by atoms with van der Waals surface area (Å²) < 4.78 is 51.1. The molecule has 0 saturated heterocycles. The highest BCUT2D eigenvalue weighted by Gasteiger charge is 2.23. The second-order valence-corrected chi connectivity index (χ2v) is 10.9. The third kappa shape index (κ3) is 7.12. The number of nitrogens with one attached hydrogen (secondary N) is 1. The highest BCUT2D eigenvalue weighted by Crippen LogP contribution is 2.42. The lowest BCUT2D eigenvalue weighted by molar-refractivity contribution is -0.139. The van der Waals surface area contributed by atoms with Crippen LogP contribution in [0.2, 0.25) is 0 Å². The molecule has 11 heteroatoms. The number of esters is 2.